The number of hydrogen-bond donors (Lipinski definition) is 0. The van der Waals surface area contributed by atoms with Crippen molar-refractivity contribution in [3.8, 4) is 22.4 Å². The molecule has 0 unspecified atom stereocenters. The highest BCUT2D eigenvalue weighted by Gasteiger charge is 2.26. The van der Waals surface area contributed by atoms with Gasteiger partial charge >= 0.3 is 5.97 Å². The molecule has 0 aliphatic heterocycles. The second-order valence-corrected chi connectivity index (χ2v) is 11.3. The predicted octanol–water partition coefficient (Wildman–Crippen LogP) is 7.14. The molecular formula is C31H39FN2O3. The summed E-state index contributed by atoms with van der Waals surface area (Å²) in [6.45, 7) is 10.8. The Morgan fingerprint density at radius 2 is 1.70 bits per heavy atom. The lowest BCUT2D eigenvalue weighted by molar-refractivity contribution is -0.160. The van der Waals surface area contributed by atoms with Gasteiger partial charge in [0, 0.05) is 17.7 Å². The number of aromatic nitrogens is 2. The van der Waals surface area contributed by atoms with E-state index in [1.54, 1.807) is 6.07 Å². The van der Waals surface area contributed by atoms with Crippen molar-refractivity contribution in [3.63, 3.8) is 0 Å². The molecule has 1 aromatic heterocycles. The van der Waals surface area contributed by atoms with Gasteiger partial charge in [-0.1, -0.05) is 36.4 Å². The van der Waals surface area contributed by atoms with Crippen LogP contribution in [0.3, 0.4) is 0 Å². The van der Waals surface area contributed by atoms with Crippen LogP contribution >= 0.6 is 0 Å². The van der Waals surface area contributed by atoms with Crippen LogP contribution in [-0.2, 0) is 20.8 Å². The van der Waals surface area contributed by atoms with Crippen LogP contribution in [-0.4, -0.2) is 34.6 Å². The fourth-order valence-corrected chi connectivity index (χ4v) is 5.26. The molecule has 1 aliphatic rings. The van der Waals surface area contributed by atoms with Crippen molar-refractivity contribution >= 4 is 5.97 Å². The molecule has 1 fully saturated rings. The number of rotatable bonds is 8. The van der Waals surface area contributed by atoms with Gasteiger partial charge in [-0.25, -0.2) is 9.18 Å². The number of aryl methyl sites for hydroxylation is 2. The normalized spacial score (nSPS) is 18.1. The molecule has 1 aliphatic carbocycles. The zero-order valence-electron chi connectivity index (χ0n) is 22.7. The number of esters is 1. The first-order valence-electron chi connectivity index (χ1n) is 13.3. The minimum Gasteiger partial charge on any atom is -0.458 e. The molecule has 6 heteroatoms. The average Bonchev–Trinajstić information content (AvgIpc) is 3.15. The molecule has 2 aromatic carbocycles. The molecular weight excluding hydrogens is 467 g/mol. The Morgan fingerprint density at radius 1 is 1.03 bits per heavy atom. The van der Waals surface area contributed by atoms with Gasteiger partial charge in [0.05, 0.1) is 18.0 Å². The van der Waals surface area contributed by atoms with Gasteiger partial charge < -0.3 is 9.47 Å². The van der Waals surface area contributed by atoms with Gasteiger partial charge in [0.2, 0.25) is 0 Å². The standard InChI is InChI=1S/C31H39FN2O3/c1-21-11-16-26(27(32)17-21)30-29(25-9-7-6-8-10-25)22(2)33-34(30)18-23-12-14-24(15-13-23)19-36-20-28(35)37-31(3,4)5/h6-11,16-17,23-24H,12-15,18-20H2,1-5H3. The topological polar surface area (TPSA) is 53.4 Å². The third-order valence-corrected chi connectivity index (χ3v) is 6.96. The largest absolute Gasteiger partial charge is 0.458 e. The number of carbonyl (C=O) groups is 1. The molecule has 0 saturated heterocycles. The Labute approximate surface area is 220 Å². The molecule has 0 N–H and O–H groups in total. The average molecular weight is 507 g/mol. The molecule has 0 spiro atoms. The second kappa shape index (κ2) is 11.6. The van der Waals surface area contributed by atoms with Crippen LogP contribution in [0.15, 0.2) is 48.5 Å². The van der Waals surface area contributed by atoms with Crippen LogP contribution in [0.25, 0.3) is 22.4 Å². The van der Waals surface area contributed by atoms with Crippen LogP contribution in [0.4, 0.5) is 4.39 Å². The Morgan fingerprint density at radius 3 is 2.35 bits per heavy atom. The maximum absolute atomic E-state index is 15.2. The molecule has 0 radical (unpaired) electrons. The fraction of sp³-hybridized carbons (Fsp3) is 0.484. The van der Waals surface area contributed by atoms with E-state index in [9.17, 15) is 4.79 Å². The molecule has 198 valence electrons. The van der Waals surface area contributed by atoms with Gasteiger partial charge in [0.25, 0.3) is 0 Å². The molecule has 1 heterocycles. The fourth-order valence-electron chi connectivity index (χ4n) is 5.26. The van der Waals surface area contributed by atoms with Crippen molar-refractivity contribution < 1.29 is 18.7 Å². The van der Waals surface area contributed by atoms with Crippen molar-refractivity contribution in [3.05, 3.63) is 65.6 Å². The molecule has 5 nitrogen and oxygen atoms in total. The Hall–Kier alpha value is -2.99. The van der Waals surface area contributed by atoms with Crippen molar-refractivity contribution in [1.29, 1.82) is 0 Å². The zero-order valence-corrected chi connectivity index (χ0v) is 22.7. The van der Waals surface area contributed by atoms with Crippen LogP contribution in [0.2, 0.25) is 0 Å². The summed E-state index contributed by atoms with van der Waals surface area (Å²) in [5.74, 6) is 0.355. The van der Waals surface area contributed by atoms with Crippen molar-refractivity contribution in [2.24, 2.45) is 11.8 Å². The summed E-state index contributed by atoms with van der Waals surface area (Å²) < 4.78 is 28.2. The first-order chi connectivity index (χ1) is 17.6. The van der Waals surface area contributed by atoms with Gasteiger partial charge in [-0.05, 0) is 95.4 Å². The highest BCUT2D eigenvalue weighted by Crippen LogP contribution is 2.38. The smallest absolute Gasteiger partial charge is 0.332 e. The molecule has 0 amide bonds. The third kappa shape index (κ3) is 7.07. The van der Waals surface area contributed by atoms with Gasteiger partial charge in [-0.15, -0.1) is 0 Å². The first kappa shape index (κ1) is 27.1. The summed E-state index contributed by atoms with van der Waals surface area (Å²) in [5.41, 5.74) is 4.80. The zero-order chi connectivity index (χ0) is 26.6. The maximum atomic E-state index is 15.2. The number of halogens is 1. The van der Waals surface area contributed by atoms with Crippen LogP contribution < -0.4 is 0 Å². The number of benzene rings is 2. The first-order valence-corrected chi connectivity index (χ1v) is 13.3. The minimum absolute atomic E-state index is 0.00248. The molecule has 1 saturated carbocycles. The van der Waals surface area contributed by atoms with Crippen LogP contribution in [0.5, 0.6) is 0 Å². The monoisotopic (exact) mass is 506 g/mol. The third-order valence-electron chi connectivity index (χ3n) is 6.96. The van der Waals surface area contributed by atoms with Gasteiger partial charge in [0.15, 0.2) is 0 Å². The van der Waals surface area contributed by atoms with Crippen molar-refractivity contribution in [2.75, 3.05) is 13.2 Å². The minimum atomic E-state index is -0.496. The molecule has 0 atom stereocenters. The van der Waals surface area contributed by atoms with Gasteiger partial charge in [-0.3, -0.25) is 4.68 Å². The van der Waals surface area contributed by atoms with E-state index in [0.29, 0.717) is 24.0 Å². The van der Waals surface area contributed by atoms with Crippen molar-refractivity contribution in [2.45, 2.75) is 72.4 Å². The number of carbonyl (C=O) groups excluding carboxylic acids is 1. The number of hydrogen-bond acceptors (Lipinski definition) is 4. The van der Waals surface area contributed by atoms with E-state index in [-0.39, 0.29) is 18.4 Å². The summed E-state index contributed by atoms with van der Waals surface area (Å²) in [4.78, 5) is 11.9. The van der Waals surface area contributed by atoms with Gasteiger partial charge in [0.1, 0.15) is 18.0 Å². The summed E-state index contributed by atoms with van der Waals surface area (Å²) >= 11 is 0. The lowest BCUT2D eigenvalue weighted by Crippen LogP contribution is -2.28. The molecule has 37 heavy (non-hydrogen) atoms. The van der Waals surface area contributed by atoms with E-state index in [4.69, 9.17) is 14.6 Å². The number of nitrogens with zero attached hydrogens (tertiary/aromatic N) is 2. The SMILES string of the molecule is Cc1ccc(-c2c(-c3ccccc3)c(C)nn2CC2CCC(COCC(=O)OC(C)(C)C)CC2)c(F)c1. The van der Waals surface area contributed by atoms with Crippen molar-refractivity contribution in [1.82, 2.24) is 9.78 Å². The second-order valence-electron chi connectivity index (χ2n) is 11.3. The van der Waals surface area contributed by atoms with Crippen LogP contribution in [0, 0.1) is 31.5 Å². The quantitative estimate of drug-likeness (QED) is 0.305. The predicted molar refractivity (Wildman–Crippen MR) is 145 cm³/mol. The summed E-state index contributed by atoms with van der Waals surface area (Å²) in [7, 11) is 0. The van der Waals surface area contributed by atoms with Crippen LogP contribution in [0.1, 0.15) is 57.7 Å². The highest BCUT2D eigenvalue weighted by atomic mass is 19.1. The Balaban J connectivity index is 1.45. The van der Waals surface area contributed by atoms with E-state index < -0.39 is 5.60 Å². The van der Waals surface area contributed by atoms with E-state index in [0.717, 1.165) is 60.3 Å². The van der Waals surface area contributed by atoms with E-state index >= 15 is 4.39 Å². The summed E-state index contributed by atoms with van der Waals surface area (Å²) in [6.07, 6.45) is 4.18. The molecule has 4 rings (SSSR count). The highest BCUT2D eigenvalue weighted by molar-refractivity contribution is 5.83. The van der Waals surface area contributed by atoms with E-state index in [2.05, 4.69) is 12.1 Å². The van der Waals surface area contributed by atoms with Gasteiger partial charge in [-0.2, -0.15) is 5.10 Å². The Kier molecular flexibility index (Phi) is 8.48. The number of ether oxygens (including phenoxy) is 2. The Bertz CT molecular complexity index is 1210. The summed E-state index contributed by atoms with van der Waals surface area (Å²) in [6, 6.07) is 15.6. The summed E-state index contributed by atoms with van der Waals surface area (Å²) in [5, 5.41) is 4.91. The molecule has 3 aromatic rings. The molecule has 0 bridgehead atoms. The maximum Gasteiger partial charge on any atom is 0.332 e. The van der Waals surface area contributed by atoms with E-state index in [1.165, 1.54) is 0 Å². The lowest BCUT2D eigenvalue weighted by atomic mass is 9.82. The lowest BCUT2D eigenvalue weighted by Gasteiger charge is -2.29. The van der Waals surface area contributed by atoms with E-state index in [1.807, 2.05) is 69.6 Å².